The molecule has 1 amide bonds. The maximum absolute atomic E-state index is 14.4. The summed E-state index contributed by atoms with van der Waals surface area (Å²) < 4.78 is 5.62. The maximum atomic E-state index is 14.4. The highest BCUT2D eigenvalue weighted by Crippen LogP contribution is 2.28. The summed E-state index contributed by atoms with van der Waals surface area (Å²) in [6, 6.07) is 31.0. The summed E-state index contributed by atoms with van der Waals surface area (Å²) in [6.07, 6.45) is 2.43. The number of aromatic amines is 1. The zero-order valence-corrected chi connectivity index (χ0v) is 28.7. The van der Waals surface area contributed by atoms with E-state index in [-0.39, 0.29) is 37.8 Å². The number of hydrogen-bond donors (Lipinski definition) is 3. The lowest BCUT2D eigenvalue weighted by atomic mass is 9.95. The number of fused-ring (bicyclic) bond motifs is 2. The van der Waals surface area contributed by atoms with Crippen LogP contribution < -0.4 is 5.43 Å². The van der Waals surface area contributed by atoms with Crippen molar-refractivity contribution in [3.63, 3.8) is 0 Å². The molecule has 2 atom stereocenters. The summed E-state index contributed by atoms with van der Waals surface area (Å²) in [4.78, 5) is 44.8. The lowest BCUT2D eigenvalue weighted by Gasteiger charge is -2.34. The number of para-hydroxylation sites is 1. The zero-order chi connectivity index (χ0) is 35.0. The van der Waals surface area contributed by atoms with Gasteiger partial charge in [-0.05, 0) is 67.1 Å². The van der Waals surface area contributed by atoms with Gasteiger partial charge in [0, 0.05) is 43.8 Å². The van der Waals surface area contributed by atoms with E-state index in [0.29, 0.717) is 18.5 Å². The minimum absolute atomic E-state index is 0.0407. The Bertz CT molecular complexity index is 1880. The smallest absolute Gasteiger partial charge is 0.311 e. The molecule has 0 aliphatic rings. The van der Waals surface area contributed by atoms with Crippen molar-refractivity contribution in [1.29, 1.82) is 0 Å². The van der Waals surface area contributed by atoms with Crippen LogP contribution in [0.4, 0.5) is 0 Å². The van der Waals surface area contributed by atoms with Crippen molar-refractivity contribution in [3.8, 4) is 0 Å². The number of aliphatic carboxylic acids is 1. The van der Waals surface area contributed by atoms with Gasteiger partial charge in [-0.1, -0.05) is 91.0 Å². The third-order valence-electron chi connectivity index (χ3n) is 8.56. The zero-order valence-electron chi connectivity index (χ0n) is 28.7. The Morgan fingerprint density at radius 3 is 2.31 bits per heavy atom. The van der Waals surface area contributed by atoms with E-state index in [4.69, 9.17) is 4.74 Å². The number of carbonyl (C=O) groups excluding carboxylic acids is 2. The molecule has 5 aromatic rings. The van der Waals surface area contributed by atoms with E-state index in [0.717, 1.165) is 32.8 Å². The molecule has 0 unspecified atom stereocenters. The number of carboxylic acids is 1. The van der Waals surface area contributed by atoms with Crippen molar-refractivity contribution >= 4 is 39.5 Å². The van der Waals surface area contributed by atoms with Crippen molar-refractivity contribution in [2.75, 3.05) is 20.1 Å². The van der Waals surface area contributed by atoms with Crippen LogP contribution in [-0.2, 0) is 32.1 Å². The van der Waals surface area contributed by atoms with Gasteiger partial charge >= 0.3 is 11.9 Å². The molecule has 0 aliphatic carbocycles. The predicted molar refractivity (Wildman–Crippen MR) is 193 cm³/mol. The summed E-state index contributed by atoms with van der Waals surface area (Å²) in [5.41, 5.74) is 6.29. The molecule has 0 saturated heterocycles. The Kier molecular flexibility index (Phi) is 11.5. The molecule has 4 aromatic carbocycles. The van der Waals surface area contributed by atoms with Crippen LogP contribution in [0, 0.1) is 0 Å². The number of nitrogens with zero attached hydrogens (tertiary/aromatic N) is 2. The summed E-state index contributed by atoms with van der Waals surface area (Å²) >= 11 is 0. The molecule has 256 valence electrons. The maximum Gasteiger partial charge on any atom is 0.311 e. The Balaban J connectivity index is 1.43. The normalized spacial score (nSPS) is 13.0. The van der Waals surface area contributed by atoms with E-state index in [1.807, 2.05) is 99.6 Å². The van der Waals surface area contributed by atoms with Gasteiger partial charge in [0.1, 0.15) is 11.6 Å². The quantitative estimate of drug-likeness (QED) is 0.0846. The van der Waals surface area contributed by atoms with Crippen molar-refractivity contribution in [2.24, 2.45) is 0 Å². The average molecular weight is 663 g/mol. The van der Waals surface area contributed by atoms with Crippen molar-refractivity contribution in [1.82, 2.24) is 20.3 Å². The second kappa shape index (κ2) is 15.9. The van der Waals surface area contributed by atoms with Gasteiger partial charge in [-0.15, -0.1) is 0 Å². The average Bonchev–Trinajstić information content (AvgIpc) is 3.50. The number of likely N-dealkylation sites (N-methyl/N-ethyl adjacent to an activating group) is 1. The fourth-order valence-electron chi connectivity index (χ4n) is 6.21. The highest BCUT2D eigenvalue weighted by atomic mass is 16.6. The van der Waals surface area contributed by atoms with Gasteiger partial charge in [0.2, 0.25) is 5.91 Å². The van der Waals surface area contributed by atoms with E-state index in [1.54, 1.807) is 23.2 Å². The third kappa shape index (κ3) is 9.55. The molecule has 1 aromatic heterocycles. The first kappa shape index (κ1) is 35.3. The minimum Gasteiger partial charge on any atom is -0.481 e. The fraction of sp³-hybridized carbons (Fsp3) is 0.325. The van der Waals surface area contributed by atoms with Gasteiger partial charge < -0.3 is 19.7 Å². The van der Waals surface area contributed by atoms with Crippen LogP contribution in [-0.4, -0.2) is 69.6 Å². The molecular weight excluding hydrogens is 616 g/mol. The Hall–Kier alpha value is -4.99. The molecule has 0 fully saturated rings. The number of aromatic nitrogens is 1. The second-order valence-corrected chi connectivity index (χ2v) is 13.5. The van der Waals surface area contributed by atoms with E-state index in [1.165, 1.54) is 0 Å². The van der Waals surface area contributed by atoms with E-state index < -0.39 is 23.5 Å². The number of benzene rings is 4. The SMILES string of the molecule is CN(Cc1ccccc1)C(=O)[C@H](Cc1ccc2ccccc2c1)N(CCC(=O)OC(C)(C)C)NCC[C@H](C(=O)O)c1c[nH]c2ccccc12. The highest BCUT2D eigenvalue weighted by Gasteiger charge is 2.31. The molecule has 5 rings (SSSR count). The van der Waals surface area contributed by atoms with Gasteiger partial charge in [-0.25, -0.2) is 5.01 Å². The van der Waals surface area contributed by atoms with E-state index in [2.05, 4.69) is 28.6 Å². The molecule has 0 saturated carbocycles. The number of nitrogens with one attached hydrogen (secondary N) is 2. The number of hydrazine groups is 1. The standard InChI is InChI=1S/C40H46N4O5/c1-40(2,3)49-37(45)21-23-44(42-22-20-33(39(47)48)34-26-41-35-17-11-10-16-32(34)35)36(38(46)43(4)27-28-12-6-5-7-13-28)25-29-18-19-30-14-8-9-15-31(30)24-29/h5-19,24,26,33,36,41-42H,20-23,25,27H2,1-4H3,(H,47,48)/t33-,36-/m0/s1. The molecule has 9 nitrogen and oxygen atoms in total. The second-order valence-electron chi connectivity index (χ2n) is 13.5. The Labute approximate surface area is 287 Å². The van der Waals surface area contributed by atoms with Crippen LogP contribution in [0.15, 0.2) is 103 Å². The highest BCUT2D eigenvalue weighted by molar-refractivity contribution is 5.89. The molecule has 3 N–H and O–H groups in total. The number of H-pyrrole nitrogens is 1. The van der Waals surface area contributed by atoms with Crippen LogP contribution in [0.2, 0.25) is 0 Å². The van der Waals surface area contributed by atoms with Crippen LogP contribution in [0.3, 0.4) is 0 Å². The first-order valence-corrected chi connectivity index (χ1v) is 16.8. The molecular formula is C40H46N4O5. The van der Waals surface area contributed by atoms with Gasteiger partial charge in [0.25, 0.3) is 0 Å². The first-order chi connectivity index (χ1) is 23.5. The van der Waals surface area contributed by atoms with Crippen molar-refractivity contribution in [2.45, 2.75) is 64.1 Å². The lowest BCUT2D eigenvalue weighted by molar-refractivity contribution is -0.156. The molecule has 49 heavy (non-hydrogen) atoms. The number of esters is 1. The van der Waals surface area contributed by atoms with Crippen LogP contribution in [0.25, 0.3) is 21.7 Å². The predicted octanol–water partition coefficient (Wildman–Crippen LogP) is 6.69. The van der Waals surface area contributed by atoms with Gasteiger partial charge in [-0.2, -0.15) is 0 Å². The molecule has 0 aliphatic heterocycles. The number of amides is 1. The summed E-state index contributed by atoms with van der Waals surface area (Å²) in [7, 11) is 1.78. The Morgan fingerprint density at radius 1 is 0.878 bits per heavy atom. The van der Waals surface area contributed by atoms with Gasteiger partial charge in [-0.3, -0.25) is 19.8 Å². The minimum atomic E-state index is -0.932. The lowest BCUT2D eigenvalue weighted by Crippen LogP contribution is -2.55. The summed E-state index contributed by atoms with van der Waals surface area (Å²) in [5.74, 6) is -2.22. The number of carbonyl (C=O) groups is 3. The molecule has 9 heteroatoms. The van der Waals surface area contributed by atoms with E-state index in [9.17, 15) is 19.5 Å². The molecule has 0 spiro atoms. The molecule has 0 bridgehead atoms. The summed E-state index contributed by atoms with van der Waals surface area (Å²) in [5, 5.41) is 15.1. The van der Waals surface area contributed by atoms with Crippen LogP contribution in [0.5, 0.6) is 0 Å². The Morgan fingerprint density at radius 2 is 1.57 bits per heavy atom. The largest absolute Gasteiger partial charge is 0.481 e. The number of ether oxygens (including phenoxy) is 1. The van der Waals surface area contributed by atoms with E-state index >= 15 is 0 Å². The van der Waals surface area contributed by atoms with Crippen LogP contribution >= 0.6 is 0 Å². The first-order valence-electron chi connectivity index (χ1n) is 16.8. The number of carboxylic acid groups (broad SMARTS) is 1. The topological polar surface area (TPSA) is 115 Å². The van der Waals surface area contributed by atoms with Gasteiger partial charge in [0.15, 0.2) is 0 Å². The molecule has 0 radical (unpaired) electrons. The third-order valence-corrected chi connectivity index (χ3v) is 8.56. The fourth-order valence-corrected chi connectivity index (χ4v) is 6.21. The van der Waals surface area contributed by atoms with Crippen molar-refractivity contribution < 1.29 is 24.2 Å². The molecule has 1 heterocycles. The number of hydrogen-bond acceptors (Lipinski definition) is 6. The number of rotatable bonds is 15. The van der Waals surface area contributed by atoms with Crippen LogP contribution in [0.1, 0.15) is 56.2 Å². The monoisotopic (exact) mass is 662 g/mol. The summed E-state index contributed by atoms with van der Waals surface area (Å²) in [6.45, 7) is 6.32. The van der Waals surface area contributed by atoms with Crippen molar-refractivity contribution in [3.05, 3.63) is 120 Å². The van der Waals surface area contributed by atoms with Gasteiger partial charge in [0.05, 0.1) is 12.3 Å².